The molecule has 5 nitrogen and oxygen atoms in total. The summed E-state index contributed by atoms with van der Waals surface area (Å²) in [7, 11) is 0. The van der Waals surface area contributed by atoms with Crippen molar-refractivity contribution >= 4 is 33.6 Å². The maximum atomic E-state index is 11.7. The van der Waals surface area contributed by atoms with E-state index in [-0.39, 0.29) is 0 Å². The smallest absolute Gasteiger partial charge is 0.326 e. The Morgan fingerprint density at radius 1 is 1.42 bits per heavy atom. The summed E-state index contributed by atoms with van der Waals surface area (Å²) in [6, 6.07) is 4.10. The van der Waals surface area contributed by atoms with Gasteiger partial charge in [-0.15, -0.1) is 0 Å². The molecule has 0 saturated heterocycles. The molecule has 1 aromatic carbocycles. The van der Waals surface area contributed by atoms with Crippen molar-refractivity contribution in [3.05, 3.63) is 28.2 Å². The molecule has 1 rings (SSSR count). The van der Waals surface area contributed by atoms with Gasteiger partial charge in [-0.3, -0.25) is 0 Å². The van der Waals surface area contributed by atoms with Crippen LogP contribution in [0.3, 0.4) is 0 Å². The quantitative estimate of drug-likeness (QED) is 0.776. The lowest BCUT2D eigenvalue weighted by atomic mass is 10.2. The van der Waals surface area contributed by atoms with E-state index in [9.17, 15) is 9.59 Å². The number of benzene rings is 1. The van der Waals surface area contributed by atoms with Crippen molar-refractivity contribution in [2.24, 2.45) is 0 Å². The van der Waals surface area contributed by atoms with Gasteiger partial charge in [0.1, 0.15) is 6.04 Å². The Bertz CT molecular complexity index is 477. The third kappa shape index (κ3) is 4.90. The lowest BCUT2D eigenvalue weighted by molar-refractivity contribution is -0.139. The van der Waals surface area contributed by atoms with Gasteiger partial charge in [0.05, 0.1) is 5.69 Å². The summed E-state index contributed by atoms with van der Waals surface area (Å²) in [6.45, 7) is 3.81. The number of carboxylic acid groups (broad SMARTS) is 1. The minimum Gasteiger partial charge on any atom is -0.480 e. The molecule has 0 saturated carbocycles. The van der Waals surface area contributed by atoms with Crippen LogP contribution in [0.2, 0.25) is 0 Å². The molecule has 1 aromatic rings. The number of rotatable bonds is 5. The molecule has 0 spiro atoms. The van der Waals surface area contributed by atoms with Crippen molar-refractivity contribution in [3.8, 4) is 0 Å². The van der Waals surface area contributed by atoms with E-state index < -0.39 is 18.0 Å². The van der Waals surface area contributed by atoms with E-state index in [1.807, 2.05) is 26.0 Å². The number of urea groups is 1. The van der Waals surface area contributed by atoms with Crippen LogP contribution in [0.4, 0.5) is 10.5 Å². The SMILES string of the molecule is CCCC(NC(=O)Nc1ccc(C)cc1Br)C(=O)O. The Balaban J connectivity index is 2.66. The van der Waals surface area contributed by atoms with Gasteiger partial charge in [0.25, 0.3) is 0 Å². The molecular formula is C13H17BrN2O3. The molecule has 6 heteroatoms. The fraction of sp³-hybridized carbons (Fsp3) is 0.385. The van der Waals surface area contributed by atoms with Crippen LogP contribution in [0.15, 0.2) is 22.7 Å². The van der Waals surface area contributed by atoms with Crippen molar-refractivity contribution in [3.63, 3.8) is 0 Å². The van der Waals surface area contributed by atoms with Crippen LogP contribution in [0.25, 0.3) is 0 Å². The number of aryl methyl sites for hydroxylation is 1. The molecule has 19 heavy (non-hydrogen) atoms. The molecule has 0 heterocycles. The zero-order valence-corrected chi connectivity index (χ0v) is 12.5. The summed E-state index contributed by atoms with van der Waals surface area (Å²) < 4.78 is 0.755. The van der Waals surface area contributed by atoms with Crippen LogP contribution in [-0.2, 0) is 4.79 Å². The van der Waals surface area contributed by atoms with Gasteiger partial charge in [-0.05, 0) is 47.0 Å². The zero-order valence-electron chi connectivity index (χ0n) is 10.9. The molecule has 1 unspecified atom stereocenters. The highest BCUT2D eigenvalue weighted by Gasteiger charge is 2.18. The molecule has 2 amide bonds. The summed E-state index contributed by atoms with van der Waals surface area (Å²) in [4.78, 5) is 22.7. The maximum Gasteiger partial charge on any atom is 0.326 e. The predicted molar refractivity (Wildman–Crippen MR) is 77.4 cm³/mol. The van der Waals surface area contributed by atoms with Crippen molar-refractivity contribution in [2.45, 2.75) is 32.7 Å². The first-order valence-corrected chi connectivity index (χ1v) is 6.79. The van der Waals surface area contributed by atoms with E-state index in [4.69, 9.17) is 5.11 Å². The van der Waals surface area contributed by atoms with Gasteiger partial charge in [0, 0.05) is 4.47 Å². The Hall–Kier alpha value is -1.56. The highest BCUT2D eigenvalue weighted by atomic mass is 79.9. The fourth-order valence-electron chi connectivity index (χ4n) is 1.58. The second kappa shape index (κ2) is 7.13. The Kier molecular flexibility index (Phi) is 5.82. The molecule has 0 aliphatic carbocycles. The number of hydrogen-bond acceptors (Lipinski definition) is 2. The molecule has 1 atom stereocenters. The van der Waals surface area contributed by atoms with Gasteiger partial charge < -0.3 is 15.7 Å². The minimum atomic E-state index is -1.03. The Morgan fingerprint density at radius 2 is 2.11 bits per heavy atom. The first kappa shape index (κ1) is 15.5. The standard InChI is InChI=1S/C13H17BrN2O3/c1-3-4-11(12(17)18)16-13(19)15-10-6-5-8(2)7-9(10)14/h5-7,11H,3-4H2,1-2H3,(H,17,18)(H2,15,16,19). The highest BCUT2D eigenvalue weighted by Crippen LogP contribution is 2.23. The number of hydrogen-bond donors (Lipinski definition) is 3. The number of anilines is 1. The zero-order chi connectivity index (χ0) is 14.4. The molecule has 0 fully saturated rings. The van der Waals surface area contributed by atoms with Gasteiger partial charge >= 0.3 is 12.0 Å². The van der Waals surface area contributed by atoms with Crippen LogP contribution in [0.5, 0.6) is 0 Å². The van der Waals surface area contributed by atoms with E-state index in [1.54, 1.807) is 6.07 Å². The lowest BCUT2D eigenvalue weighted by Gasteiger charge is -2.15. The van der Waals surface area contributed by atoms with Crippen molar-refractivity contribution in [1.29, 1.82) is 0 Å². The Morgan fingerprint density at radius 3 is 2.63 bits per heavy atom. The fourth-order valence-corrected chi connectivity index (χ4v) is 2.18. The van der Waals surface area contributed by atoms with Crippen LogP contribution < -0.4 is 10.6 Å². The average Bonchev–Trinajstić information content (AvgIpc) is 2.32. The predicted octanol–water partition coefficient (Wildman–Crippen LogP) is 3.13. The first-order valence-electron chi connectivity index (χ1n) is 6.00. The monoisotopic (exact) mass is 328 g/mol. The highest BCUT2D eigenvalue weighted by molar-refractivity contribution is 9.10. The minimum absolute atomic E-state index is 0.401. The van der Waals surface area contributed by atoms with Crippen LogP contribution >= 0.6 is 15.9 Å². The van der Waals surface area contributed by atoms with Gasteiger partial charge in [-0.1, -0.05) is 19.4 Å². The molecule has 0 aliphatic heterocycles. The van der Waals surface area contributed by atoms with E-state index in [0.717, 1.165) is 10.0 Å². The molecule has 0 bridgehead atoms. The van der Waals surface area contributed by atoms with Gasteiger partial charge in [0.15, 0.2) is 0 Å². The van der Waals surface area contributed by atoms with Gasteiger partial charge in [-0.25, -0.2) is 9.59 Å². The Labute approximate surface area is 120 Å². The normalized spacial score (nSPS) is 11.7. The van der Waals surface area contributed by atoms with E-state index in [2.05, 4.69) is 26.6 Å². The van der Waals surface area contributed by atoms with Crippen LogP contribution in [0, 0.1) is 6.92 Å². The number of carbonyl (C=O) groups excluding carboxylic acids is 1. The first-order chi connectivity index (χ1) is 8.93. The van der Waals surface area contributed by atoms with Crippen LogP contribution in [-0.4, -0.2) is 23.1 Å². The van der Waals surface area contributed by atoms with E-state index >= 15 is 0 Å². The molecule has 0 aliphatic rings. The van der Waals surface area contributed by atoms with Crippen LogP contribution in [0.1, 0.15) is 25.3 Å². The number of carbonyl (C=O) groups is 2. The summed E-state index contributed by atoms with van der Waals surface area (Å²) in [5.74, 6) is -1.03. The summed E-state index contributed by atoms with van der Waals surface area (Å²) in [5.41, 5.74) is 1.66. The summed E-state index contributed by atoms with van der Waals surface area (Å²) >= 11 is 3.34. The number of carboxylic acids is 1. The number of nitrogens with one attached hydrogen (secondary N) is 2. The number of aliphatic carboxylic acids is 1. The average molecular weight is 329 g/mol. The van der Waals surface area contributed by atoms with E-state index in [1.165, 1.54) is 0 Å². The summed E-state index contributed by atoms with van der Waals surface area (Å²) in [5, 5.41) is 14.0. The molecular weight excluding hydrogens is 312 g/mol. The van der Waals surface area contributed by atoms with E-state index in [0.29, 0.717) is 18.5 Å². The van der Waals surface area contributed by atoms with Crippen molar-refractivity contribution < 1.29 is 14.7 Å². The van der Waals surface area contributed by atoms with Gasteiger partial charge in [0.2, 0.25) is 0 Å². The largest absolute Gasteiger partial charge is 0.480 e. The second-order valence-electron chi connectivity index (χ2n) is 4.26. The molecule has 0 radical (unpaired) electrons. The summed E-state index contributed by atoms with van der Waals surface area (Å²) in [6.07, 6.45) is 1.09. The van der Waals surface area contributed by atoms with Crippen molar-refractivity contribution in [2.75, 3.05) is 5.32 Å². The second-order valence-corrected chi connectivity index (χ2v) is 5.12. The third-order valence-electron chi connectivity index (χ3n) is 2.55. The molecule has 104 valence electrons. The topological polar surface area (TPSA) is 78.4 Å². The third-order valence-corrected chi connectivity index (χ3v) is 3.21. The van der Waals surface area contributed by atoms with Crippen molar-refractivity contribution in [1.82, 2.24) is 5.32 Å². The molecule has 3 N–H and O–H groups in total. The number of amides is 2. The maximum absolute atomic E-state index is 11.7. The number of halogens is 1. The van der Waals surface area contributed by atoms with Gasteiger partial charge in [-0.2, -0.15) is 0 Å². The lowest BCUT2D eigenvalue weighted by Crippen LogP contribution is -2.42. The molecule has 0 aromatic heterocycles.